The minimum Gasteiger partial charge on any atom is -0.464 e. The van der Waals surface area contributed by atoms with Crippen LogP contribution < -0.4 is 0 Å². The summed E-state index contributed by atoms with van der Waals surface area (Å²) in [6, 6.07) is 1.53. The first kappa shape index (κ1) is 21.0. The fourth-order valence-corrected chi connectivity index (χ4v) is 4.82. The van der Waals surface area contributed by atoms with E-state index in [4.69, 9.17) is 4.74 Å². The summed E-state index contributed by atoms with van der Waals surface area (Å²) < 4.78 is 48.1. The summed E-state index contributed by atoms with van der Waals surface area (Å²) in [7, 11) is 0. The van der Waals surface area contributed by atoms with Gasteiger partial charge >= 0.3 is 12.3 Å². The number of piperidine rings is 2. The molecule has 2 atom stereocenters. The van der Waals surface area contributed by atoms with E-state index in [0.717, 1.165) is 19.3 Å². The Bertz CT molecular complexity index is 682. The number of likely N-dealkylation sites (tertiary alicyclic amines) is 2. The van der Waals surface area contributed by atoms with Gasteiger partial charge in [-0.3, -0.25) is 4.90 Å². The van der Waals surface area contributed by atoms with Crippen molar-refractivity contribution in [2.45, 2.75) is 63.3 Å². The highest BCUT2D eigenvalue weighted by Crippen LogP contribution is 2.52. The highest BCUT2D eigenvalue weighted by molar-refractivity contribution is 5.84. The predicted molar refractivity (Wildman–Crippen MR) is 96.2 cm³/mol. The van der Waals surface area contributed by atoms with Gasteiger partial charge in [-0.15, -0.1) is 0 Å². The van der Waals surface area contributed by atoms with Crippen molar-refractivity contribution in [1.29, 1.82) is 0 Å². The smallest absolute Gasteiger partial charge is 0.461 e. The van der Waals surface area contributed by atoms with E-state index in [1.54, 1.807) is 13.8 Å². The summed E-state index contributed by atoms with van der Waals surface area (Å²) in [5, 5.41) is 0. The summed E-state index contributed by atoms with van der Waals surface area (Å²) in [6.45, 7) is 4.28. The second-order valence-electron chi connectivity index (χ2n) is 7.55. The number of halogens is 3. The van der Waals surface area contributed by atoms with E-state index in [1.807, 2.05) is 4.90 Å². The molecular formula is C19H27F3N4O2. The Hall–Kier alpha value is -1.74. The van der Waals surface area contributed by atoms with Gasteiger partial charge in [-0.05, 0) is 58.7 Å². The molecule has 9 heteroatoms. The number of rotatable bonds is 4. The maximum Gasteiger partial charge on any atom is 0.461 e. The minimum atomic E-state index is -4.73. The molecule has 3 rings (SSSR count). The van der Waals surface area contributed by atoms with Crippen LogP contribution in [0.15, 0.2) is 18.5 Å². The van der Waals surface area contributed by atoms with Crippen molar-refractivity contribution < 1.29 is 22.7 Å². The van der Waals surface area contributed by atoms with E-state index in [0.29, 0.717) is 30.8 Å². The van der Waals surface area contributed by atoms with Crippen molar-refractivity contribution in [2.75, 3.05) is 26.2 Å². The van der Waals surface area contributed by atoms with Gasteiger partial charge in [0.05, 0.1) is 12.1 Å². The Kier molecular flexibility index (Phi) is 5.95. The molecule has 28 heavy (non-hydrogen) atoms. The summed E-state index contributed by atoms with van der Waals surface area (Å²) in [5.41, 5.74) is -3.30. The third-order valence-electron chi connectivity index (χ3n) is 6.05. The number of alkyl halides is 3. The van der Waals surface area contributed by atoms with Crippen molar-refractivity contribution >= 4 is 5.97 Å². The van der Waals surface area contributed by atoms with E-state index in [2.05, 4.69) is 9.97 Å². The number of hydrogen-bond acceptors (Lipinski definition) is 6. The lowest BCUT2D eigenvalue weighted by Gasteiger charge is -2.59. The van der Waals surface area contributed by atoms with Crippen LogP contribution >= 0.6 is 0 Å². The van der Waals surface area contributed by atoms with E-state index in [1.165, 1.54) is 18.5 Å². The second kappa shape index (κ2) is 7.94. The van der Waals surface area contributed by atoms with Crippen LogP contribution in [0.2, 0.25) is 0 Å². The van der Waals surface area contributed by atoms with Crippen LogP contribution in [0.4, 0.5) is 13.2 Å². The standard InChI is InChI=1S/C19H27F3N4O2/c1-3-28-16(27)18(15-23-10-8-11-24-15)17(2,25-12-5-4-6-13-25)9-7-14-26(18)19(20,21)22/h8,10-11H,3-7,9,12-14H2,1-2H3. The molecule has 1 aromatic rings. The van der Waals surface area contributed by atoms with E-state index in [9.17, 15) is 18.0 Å². The summed E-state index contributed by atoms with van der Waals surface area (Å²) in [4.78, 5) is 24.0. The topological polar surface area (TPSA) is 58.6 Å². The van der Waals surface area contributed by atoms with Crippen LogP contribution in [0.25, 0.3) is 0 Å². The Morgan fingerprint density at radius 2 is 1.79 bits per heavy atom. The first-order valence-electron chi connectivity index (χ1n) is 9.82. The lowest BCUT2D eigenvalue weighted by molar-refractivity contribution is -0.308. The number of esters is 1. The molecule has 2 saturated heterocycles. The van der Waals surface area contributed by atoms with Gasteiger partial charge in [-0.25, -0.2) is 14.8 Å². The van der Waals surface area contributed by atoms with Gasteiger partial charge in [-0.1, -0.05) is 6.42 Å². The van der Waals surface area contributed by atoms with Gasteiger partial charge in [0.1, 0.15) is 0 Å². The third-order valence-corrected chi connectivity index (χ3v) is 6.05. The van der Waals surface area contributed by atoms with Gasteiger partial charge in [0.2, 0.25) is 5.54 Å². The molecule has 2 aliphatic rings. The molecule has 0 radical (unpaired) electrons. The molecule has 0 bridgehead atoms. The SMILES string of the molecule is CCOC(=O)C1(c2ncccn2)N(C(F)(F)F)CCCC1(C)N1CCCCC1. The summed E-state index contributed by atoms with van der Waals surface area (Å²) in [5.74, 6) is -1.09. The molecular weight excluding hydrogens is 373 g/mol. The Morgan fingerprint density at radius 1 is 1.14 bits per heavy atom. The van der Waals surface area contributed by atoms with Crippen LogP contribution in [-0.2, 0) is 15.1 Å². The number of ether oxygens (including phenoxy) is 1. The molecule has 2 fully saturated rings. The number of hydrogen-bond donors (Lipinski definition) is 0. The van der Waals surface area contributed by atoms with Gasteiger partial charge in [0.25, 0.3) is 0 Å². The average Bonchev–Trinajstić information content (AvgIpc) is 2.68. The number of aromatic nitrogens is 2. The zero-order chi connectivity index (χ0) is 20.4. The van der Waals surface area contributed by atoms with Gasteiger partial charge in [0.15, 0.2) is 5.82 Å². The van der Waals surface area contributed by atoms with Crippen molar-refractivity contribution in [3.63, 3.8) is 0 Å². The normalized spacial score (nSPS) is 30.2. The number of nitrogens with zero attached hydrogens (tertiary/aromatic N) is 4. The molecule has 3 heterocycles. The van der Waals surface area contributed by atoms with Crippen LogP contribution in [0.5, 0.6) is 0 Å². The molecule has 1 aromatic heterocycles. The fourth-order valence-electron chi connectivity index (χ4n) is 4.82. The highest BCUT2D eigenvalue weighted by atomic mass is 19.4. The van der Waals surface area contributed by atoms with Crippen LogP contribution in [0.3, 0.4) is 0 Å². The van der Waals surface area contributed by atoms with Crippen molar-refractivity contribution in [1.82, 2.24) is 19.8 Å². The van der Waals surface area contributed by atoms with Crippen molar-refractivity contribution in [2.24, 2.45) is 0 Å². The Balaban J connectivity index is 2.27. The predicted octanol–water partition coefficient (Wildman–Crippen LogP) is 3.10. The first-order chi connectivity index (χ1) is 13.3. The summed E-state index contributed by atoms with van der Waals surface area (Å²) >= 11 is 0. The maximum absolute atomic E-state index is 14.3. The molecule has 0 aliphatic carbocycles. The zero-order valence-electron chi connectivity index (χ0n) is 16.3. The Morgan fingerprint density at radius 3 is 2.36 bits per heavy atom. The Labute approximate surface area is 163 Å². The van der Waals surface area contributed by atoms with Crippen LogP contribution in [0.1, 0.15) is 51.8 Å². The van der Waals surface area contributed by atoms with Crippen LogP contribution in [-0.4, -0.2) is 63.8 Å². The fraction of sp³-hybridized carbons (Fsp3) is 0.737. The van der Waals surface area contributed by atoms with E-state index >= 15 is 0 Å². The molecule has 0 N–H and O–H groups in total. The third kappa shape index (κ3) is 3.28. The maximum atomic E-state index is 14.3. The second-order valence-corrected chi connectivity index (χ2v) is 7.55. The quantitative estimate of drug-likeness (QED) is 0.572. The number of carbonyl (C=O) groups excluding carboxylic acids is 1. The van der Waals surface area contributed by atoms with Gasteiger partial charge in [-0.2, -0.15) is 18.1 Å². The van der Waals surface area contributed by atoms with E-state index < -0.39 is 23.3 Å². The average molecular weight is 400 g/mol. The molecule has 156 valence electrons. The first-order valence-corrected chi connectivity index (χ1v) is 9.82. The molecule has 2 unspecified atom stereocenters. The van der Waals surface area contributed by atoms with Gasteiger partial charge in [0, 0.05) is 18.9 Å². The molecule has 6 nitrogen and oxygen atoms in total. The van der Waals surface area contributed by atoms with E-state index in [-0.39, 0.29) is 19.0 Å². The largest absolute Gasteiger partial charge is 0.464 e. The molecule has 0 aromatic carbocycles. The zero-order valence-corrected chi connectivity index (χ0v) is 16.3. The van der Waals surface area contributed by atoms with Crippen LogP contribution in [0, 0.1) is 0 Å². The van der Waals surface area contributed by atoms with Crippen molar-refractivity contribution in [3.05, 3.63) is 24.3 Å². The molecule has 0 saturated carbocycles. The lowest BCUT2D eigenvalue weighted by Crippen LogP contribution is -2.76. The summed E-state index contributed by atoms with van der Waals surface area (Å²) in [6.07, 6.45) is 1.57. The molecule has 2 aliphatic heterocycles. The minimum absolute atomic E-state index is 0.0187. The van der Waals surface area contributed by atoms with Crippen molar-refractivity contribution in [3.8, 4) is 0 Å². The number of carbonyl (C=O) groups is 1. The monoisotopic (exact) mass is 400 g/mol. The molecule has 0 spiro atoms. The lowest BCUT2D eigenvalue weighted by atomic mass is 9.68. The van der Waals surface area contributed by atoms with Gasteiger partial charge < -0.3 is 4.74 Å². The molecule has 0 amide bonds. The highest BCUT2D eigenvalue weighted by Gasteiger charge is 2.70.